The lowest BCUT2D eigenvalue weighted by Crippen LogP contribution is -2.51. The van der Waals surface area contributed by atoms with Crippen molar-refractivity contribution in [1.82, 2.24) is 24.4 Å². The van der Waals surface area contributed by atoms with Crippen molar-refractivity contribution < 1.29 is 28.2 Å². The first-order chi connectivity index (χ1) is 22.7. The second-order valence-electron chi connectivity index (χ2n) is 12.4. The molecule has 2 fully saturated rings. The molecule has 0 aliphatic heterocycles. The van der Waals surface area contributed by atoms with Crippen LogP contribution < -0.4 is 10.6 Å². The fourth-order valence-corrected chi connectivity index (χ4v) is 6.99. The number of aliphatic hydroxyl groups excluding tert-OH is 2. The summed E-state index contributed by atoms with van der Waals surface area (Å²) in [5.41, 5.74) is 3.01. The Balaban J connectivity index is 1.35. The second kappa shape index (κ2) is 13.9. The fraction of sp³-hybridized carbons (Fsp3) is 0.471. The third kappa shape index (κ3) is 6.91. The van der Waals surface area contributed by atoms with Crippen LogP contribution in [0.1, 0.15) is 68.5 Å². The van der Waals surface area contributed by atoms with Crippen molar-refractivity contribution in [3.05, 3.63) is 78.1 Å². The zero-order valence-electron chi connectivity index (χ0n) is 26.1. The first-order valence-corrected chi connectivity index (χ1v) is 16.2. The van der Waals surface area contributed by atoms with Crippen molar-refractivity contribution in [3.8, 4) is 0 Å². The summed E-state index contributed by atoms with van der Waals surface area (Å²) < 4.78 is 42.1. The Morgan fingerprint density at radius 3 is 2.23 bits per heavy atom. The van der Waals surface area contributed by atoms with Gasteiger partial charge in [0.05, 0.1) is 18.4 Å². The Kier molecular flexibility index (Phi) is 9.65. The summed E-state index contributed by atoms with van der Waals surface area (Å²) in [7, 11) is 0. The first kappa shape index (κ1) is 32.7. The Hall–Kier alpha value is -4.23. The number of hydrogen-bond acceptors (Lipinski definition) is 8. The van der Waals surface area contributed by atoms with Crippen molar-refractivity contribution in [2.24, 2.45) is 0 Å². The average Bonchev–Trinajstić information content (AvgIpc) is 3.80. The van der Waals surface area contributed by atoms with Crippen LogP contribution in [-0.4, -0.2) is 84.1 Å². The third-order valence-electron chi connectivity index (χ3n) is 9.33. The Morgan fingerprint density at radius 1 is 1.00 bits per heavy atom. The summed E-state index contributed by atoms with van der Waals surface area (Å²) in [5, 5.41) is 29.1. The van der Waals surface area contributed by atoms with Crippen molar-refractivity contribution in [1.29, 1.82) is 0 Å². The largest absolute Gasteiger partial charge is 0.471 e. The molecule has 2 aromatic heterocycles. The van der Waals surface area contributed by atoms with E-state index in [1.54, 1.807) is 11.5 Å². The van der Waals surface area contributed by atoms with E-state index in [9.17, 15) is 28.2 Å². The number of carbonyl (C=O) groups excluding carboxylic acids is 1. The standard InChI is InChI=1S/C34H40F3N7O3/c1-2-17-43(32(47)34(35,36)37)25-18-26(29(46)28(25)45)44-20-39-27-30(41-33(42-31(27)44)40-23-15-9-10-16-23)38-19-24(21-11-5-3-6-12-21)22-13-7-4-8-14-22/h3-8,11-14,20,23-26,28-29,45-46H,2,9-10,15-19H2,1H3,(H2,38,40,41,42)/t25-,26+,28+,29-/m0/s1. The summed E-state index contributed by atoms with van der Waals surface area (Å²) in [4.78, 5) is 27.2. The summed E-state index contributed by atoms with van der Waals surface area (Å²) >= 11 is 0. The van der Waals surface area contributed by atoms with Crippen LogP contribution >= 0.6 is 0 Å². The van der Waals surface area contributed by atoms with Crippen LogP contribution in [0.5, 0.6) is 0 Å². The summed E-state index contributed by atoms with van der Waals surface area (Å²) in [6, 6.07) is 18.3. The average molecular weight is 652 g/mol. The highest BCUT2D eigenvalue weighted by atomic mass is 19.4. The number of fused-ring (bicyclic) bond motifs is 1. The van der Waals surface area contributed by atoms with Gasteiger partial charge in [-0.1, -0.05) is 80.4 Å². The van der Waals surface area contributed by atoms with Crippen LogP contribution in [0.25, 0.3) is 11.2 Å². The topological polar surface area (TPSA) is 128 Å². The first-order valence-electron chi connectivity index (χ1n) is 16.2. The predicted molar refractivity (Wildman–Crippen MR) is 172 cm³/mol. The number of amides is 1. The quantitative estimate of drug-likeness (QED) is 0.173. The molecule has 0 spiro atoms. The number of nitrogens with zero attached hydrogens (tertiary/aromatic N) is 5. The molecule has 0 bridgehead atoms. The number of alkyl halides is 3. The maximum Gasteiger partial charge on any atom is 0.471 e. The van der Waals surface area contributed by atoms with Gasteiger partial charge in [-0.25, -0.2) is 4.98 Å². The van der Waals surface area contributed by atoms with E-state index in [0.717, 1.165) is 36.8 Å². The van der Waals surface area contributed by atoms with E-state index in [2.05, 4.69) is 39.9 Å². The molecular weight excluding hydrogens is 611 g/mol. The monoisotopic (exact) mass is 651 g/mol. The molecule has 4 atom stereocenters. The van der Waals surface area contributed by atoms with E-state index in [1.165, 1.54) is 6.33 Å². The number of anilines is 2. The van der Waals surface area contributed by atoms with Gasteiger partial charge in [0, 0.05) is 25.0 Å². The molecule has 0 unspecified atom stereocenters. The van der Waals surface area contributed by atoms with Gasteiger partial charge in [0.25, 0.3) is 0 Å². The van der Waals surface area contributed by atoms with E-state index < -0.39 is 36.4 Å². The van der Waals surface area contributed by atoms with Gasteiger partial charge < -0.3 is 30.3 Å². The highest BCUT2D eigenvalue weighted by Crippen LogP contribution is 2.38. The Bertz CT molecular complexity index is 1610. The maximum atomic E-state index is 13.5. The molecule has 250 valence electrons. The van der Waals surface area contributed by atoms with Gasteiger partial charge in [0.15, 0.2) is 17.0 Å². The molecule has 6 rings (SSSR count). The van der Waals surface area contributed by atoms with Crippen LogP contribution in [0.4, 0.5) is 24.9 Å². The number of rotatable bonds is 11. The smallest absolute Gasteiger partial charge is 0.388 e. The van der Waals surface area contributed by atoms with Crippen LogP contribution in [0, 0.1) is 0 Å². The van der Waals surface area contributed by atoms with E-state index in [4.69, 9.17) is 9.97 Å². The Morgan fingerprint density at radius 2 is 1.64 bits per heavy atom. The fourth-order valence-electron chi connectivity index (χ4n) is 6.99. The number of aliphatic hydroxyl groups is 2. The zero-order chi connectivity index (χ0) is 33.1. The molecule has 47 heavy (non-hydrogen) atoms. The van der Waals surface area contributed by atoms with E-state index in [-0.39, 0.29) is 31.3 Å². The van der Waals surface area contributed by atoms with Gasteiger partial charge in [0.1, 0.15) is 12.2 Å². The molecule has 0 radical (unpaired) electrons. The van der Waals surface area contributed by atoms with Gasteiger partial charge in [-0.3, -0.25) is 4.79 Å². The molecule has 2 aliphatic carbocycles. The number of carbonyl (C=O) groups is 1. The molecular formula is C34H40F3N7O3. The van der Waals surface area contributed by atoms with Crippen LogP contribution in [0.2, 0.25) is 0 Å². The highest BCUT2D eigenvalue weighted by Gasteiger charge is 2.51. The minimum absolute atomic E-state index is 0.0148. The predicted octanol–water partition coefficient (Wildman–Crippen LogP) is 5.26. The van der Waals surface area contributed by atoms with Gasteiger partial charge in [-0.2, -0.15) is 23.1 Å². The van der Waals surface area contributed by atoms with Crippen molar-refractivity contribution in [2.45, 2.75) is 87.9 Å². The third-order valence-corrected chi connectivity index (χ3v) is 9.33. The molecule has 1 amide bonds. The van der Waals surface area contributed by atoms with Crippen LogP contribution in [0.15, 0.2) is 67.0 Å². The highest BCUT2D eigenvalue weighted by molar-refractivity contribution is 5.85. The Labute approximate surface area is 271 Å². The number of nitrogens with one attached hydrogen (secondary N) is 2. The lowest BCUT2D eigenvalue weighted by atomic mass is 9.91. The van der Waals surface area contributed by atoms with Crippen molar-refractivity contribution in [2.75, 3.05) is 23.7 Å². The van der Waals surface area contributed by atoms with E-state index >= 15 is 0 Å². The lowest BCUT2D eigenvalue weighted by molar-refractivity contribution is -0.190. The number of halogens is 3. The molecule has 2 heterocycles. The molecule has 13 heteroatoms. The molecule has 4 aromatic rings. The SMILES string of the molecule is CCCN(C(=O)C(F)(F)F)[C@H]1C[C@@H](n2cnc3c(NCC(c4ccccc4)c4ccccc4)nc(NC4CCCC4)nc32)[C@H](O)[C@@H]1O. The minimum atomic E-state index is -5.11. The minimum Gasteiger partial charge on any atom is -0.388 e. The molecule has 2 saturated carbocycles. The molecule has 2 aliphatic rings. The molecule has 4 N–H and O–H groups in total. The molecule has 10 nitrogen and oxygen atoms in total. The van der Waals surface area contributed by atoms with Gasteiger partial charge in [-0.15, -0.1) is 0 Å². The lowest BCUT2D eigenvalue weighted by Gasteiger charge is -2.31. The molecule has 2 aromatic carbocycles. The van der Waals surface area contributed by atoms with Gasteiger partial charge in [-0.05, 0) is 36.8 Å². The van der Waals surface area contributed by atoms with Crippen molar-refractivity contribution in [3.63, 3.8) is 0 Å². The maximum absolute atomic E-state index is 13.5. The van der Waals surface area contributed by atoms with E-state index in [0.29, 0.717) is 34.4 Å². The summed E-state index contributed by atoms with van der Waals surface area (Å²) in [6.45, 7) is 1.92. The normalized spacial score (nSPS) is 21.9. The van der Waals surface area contributed by atoms with Crippen LogP contribution in [0.3, 0.4) is 0 Å². The number of aromatic nitrogens is 4. The number of imidazole rings is 1. The number of hydrogen-bond donors (Lipinski definition) is 4. The van der Waals surface area contributed by atoms with E-state index in [1.807, 2.05) is 36.4 Å². The summed E-state index contributed by atoms with van der Waals surface area (Å²) in [5.74, 6) is -1.21. The molecule has 0 saturated heterocycles. The van der Waals surface area contributed by atoms with Gasteiger partial charge in [0.2, 0.25) is 5.95 Å². The number of benzene rings is 2. The van der Waals surface area contributed by atoms with Crippen molar-refractivity contribution >= 4 is 28.8 Å². The zero-order valence-corrected chi connectivity index (χ0v) is 26.1. The van der Waals surface area contributed by atoms with Crippen LogP contribution in [-0.2, 0) is 4.79 Å². The summed E-state index contributed by atoms with van der Waals surface area (Å²) in [6.07, 6.45) is -2.41. The second-order valence-corrected chi connectivity index (χ2v) is 12.4. The van der Waals surface area contributed by atoms with Gasteiger partial charge >= 0.3 is 12.1 Å².